The van der Waals surface area contributed by atoms with Crippen molar-refractivity contribution < 1.29 is 17.6 Å². The van der Waals surface area contributed by atoms with Crippen LogP contribution in [0.2, 0.25) is 5.02 Å². The number of carbonyl (C=O) groups is 1. The lowest BCUT2D eigenvalue weighted by Crippen LogP contribution is -2.27. The predicted octanol–water partition coefficient (Wildman–Crippen LogP) is 3.66. The van der Waals surface area contributed by atoms with Crippen molar-refractivity contribution in [2.75, 3.05) is 11.0 Å². The fourth-order valence-electron chi connectivity index (χ4n) is 2.39. The van der Waals surface area contributed by atoms with Crippen molar-refractivity contribution in [3.63, 3.8) is 0 Å². The molecule has 0 spiro atoms. The van der Waals surface area contributed by atoms with Gasteiger partial charge in [-0.1, -0.05) is 29.8 Å². The number of rotatable bonds is 7. The van der Waals surface area contributed by atoms with Gasteiger partial charge in [-0.05, 0) is 48.7 Å². The zero-order valence-electron chi connectivity index (χ0n) is 14.4. The van der Waals surface area contributed by atoms with Crippen molar-refractivity contribution in [1.29, 1.82) is 0 Å². The van der Waals surface area contributed by atoms with Crippen LogP contribution in [0, 0.1) is 5.82 Å². The normalized spacial score (nSPS) is 12.5. The van der Waals surface area contributed by atoms with Crippen LogP contribution in [-0.2, 0) is 21.2 Å². The Bertz CT molecular complexity index is 886. The van der Waals surface area contributed by atoms with Crippen molar-refractivity contribution in [1.82, 2.24) is 5.32 Å². The first-order chi connectivity index (χ1) is 12.1. The number of anilines is 1. The third kappa shape index (κ3) is 6.31. The Balaban J connectivity index is 1.94. The quantitative estimate of drug-likeness (QED) is 0.747. The zero-order chi connectivity index (χ0) is 19.3. The highest BCUT2D eigenvalue weighted by Gasteiger charge is 2.13. The molecular formula is C18H20ClFN2O3S. The Labute approximate surface area is 157 Å². The molecule has 0 radical (unpaired) electrons. The van der Waals surface area contributed by atoms with Gasteiger partial charge in [0.25, 0.3) is 0 Å². The van der Waals surface area contributed by atoms with E-state index >= 15 is 0 Å². The van der Waals surface area contributed by atoms with Gasteiger partial charge >= 0.3 is 0 Å². The maximum absolute atomic E-state index is 14.0. The van der Waals surface area contributed by atoms with Gasteiger partial charge in [-0.25, -0.2) is 12.8 Å². The Kier molecular flexibility index (Phi) is 6.61. The van der Waals surface area contributed by atoms with Crippen LogP contribution in [0.15, 0.2) is 42.5 Å². The number of carbonyl (C=O) groups excluding carboxylic acids is 1. The van der Waals surface area contributed by atoms with Crippen LogP contribution in [0.4, 0.5) is 10.1 Å². The standard InChI is InChI=1S/C18H20ClFN2O3S/c1-12(14-6-9-17(16(20)11-14)22-26(2,24)25)21-18(23)10-5-13-3-7-15(19)8-4-13/h3-4,6-9,11-12,22H,5,10H2,1-2H3,(H,21,23). The molecule has 1 amide bonds. The molecule has 0 saturated carbocycles. The fourth-order valence-corrected chi connectivity index (χ4v) is 3.08. The monoisotopic (exact) mass is 398 g/mol. The number of hydrogen-bond donors (Lipinski definition) is 2. The minimum atomic E-state index is -3.56. The molecule has 2 aromatic carbocycles. The van der Waals surface area contributed by atoms with E-state index in [0.717, 1.165) is 11.8 Å². The van der Waals surface area contributed by atoms with Crippen LogP contribution >= 0.6 is 11.6 Å². The Hall–Kier alpha value is -2.12. The van der Waals surface area contributed by atoms with Gasteiger partial charge in [-0.3, -0.25) is 9.52 Å². The second-order valence-corrected chi connectivity index (χ2v) is 8.21. The molecule has 2 rings (SSSR count). The molecule has 140 valence electrons. The van der Waals surface area contributed by atoms with Crippen LogP contribution in [0.1, 0.15) is 30.5 Å². The van der Waals surface area contributed by atoms with Crippen LogP contribution in [0.25, 0.3) is 0 Å². The number of halogens is 2. The van der Waals surface area contributed by atoms with Gasteiger partial charge in [0, 0.05) is 11.4 Å². The first-order valence-corrected chi connectivity index (χ1v) is 10.2. The molecule has 0 aliphatic carbocycles. The van der Waals surface area contributed by atoms with Gasteiger partial charge < -0.3 is 5.32 Å². The van der Waals surface area contributed by atoms with Crippen molar-refractivity contribution >= 4 is 33.2 Å². The summed E-state index contributed by atoms with van der Waals surface area (Å²) in [6, 6.07) is 11.0. The number of sulfonamides is 1. The number of nitrogens with one attached hydrogen (secondary N) is 2. The van der Waals surface area contributed by atoms with E-state index in [1.807, 2.05) is 12.1 Å². The molecule has 2 aromatic rings. The number of amides is 1. The maximum atomic E-state index is 14.0. The molecular weight excluding hydrogens is 379 g/mol. The topological polar surface area (TPSA) is 75.3 Å². The van der Waals surface area contributed by atoms with Crippen molar-refractivity contribution in [3.05, 3.63) is 64.4 Å². The van der Waals surface area contributed by atoms with Crippen molar-refractivity contribution in [3.8, 4) is 0 Å². The third-order valence-electron chi connectivity index (χ3n) is 3.72. The van der Waals surface area contributed by atoms with E-state index in [9.17, 15) is 17.6 Å². The van der Waals surface area contributed by atoms with E-state index in [2.05, 4.69) is 10.0 Å². The minimum absolute atomic E-state index is 0.127. The average Bonchev–Trinajstić information content (AvgIpc) is 2.55. The molecule has 0 heterocycles. The summed E-state index contributed by atoms with van der Waals surface area (Å²) in [5, 5.41) is 3.44. The second-order valence-electron chi connectivity index (χ2n) is 6.03. The number of hydrogen-bond acceptors (Lipinski definition) is 3. The Morgan fingerprint density at radius 2 is 1.85 bits per heavy atom. The second kappa shape index (κ2) is 8.51. The summed E-state index contributed by atoms with van der Waals surface area (Å²) >= 11 is 5.82. The van der Waals surface area contributed by atoms with Gasteiger partial charge in [-0.2, -0.15) is 0 Å². The molecule has 26 heavy (non-hydrogen) atoms. The summed E-state index contributed by atoms with van der Waals surface area (Å²) in [4.78, 5) is 12.1. The highest BCUT2D eigenvalue weighted by atomic mass is 35.5. The van der Waals surface area contributed by atoms with Crippen LogP contribution < -0.4 is 10.0 Å². The molecule has 0 bridgehead atoms. The average molecular weight is 399 g/mol. The van der Waals surface area contributed by atoms with Crippen LogP contribution in [-0.4, -0.2) is 20.6 Å². The highest BCUT2D eigenvalue weighted by molar-refractivity contribution is 7.92. The lowest BCUT2D eigenvalue weighted by molar-refractivity contribution is -0.121. The highest BCUT2D eigenvalue weighted by Crippen LogP contribution is 2.21. The molecule has 0 aromatic heterocycles. The molecule has 1 atom stereocenters. The summed E-state index contributed by atoms with van der Waals surface area (Å²) in [6.45, 7) is 1.73. The summed E-state index contributed by atoms with van der Waals surface area (Å²) in [5.41, 5.74) is 1.42. The minimum Gasteiger partial charge on any atom is -0.350 e. The first kappa shape index (κ1) is 20.2. The summed E-state index contributed by atoms with van der Waals surface area (Å²) < 4.78 is 38.5. The predicted molar refractivity (Wildman–Crippen MR) is 101 cm³/mol. The fraction of sp³-hybridized carbons (Fsp3) is 0.278. The van der Waals surface area contributed by atoms with E-state index in [0.29, 0.717) is 23.4 Å². The van der Waals surface area contributed by atoms with Gasteiger partial charge in [0.1, 0.15) is 5.82 Å². The van der Waals surface area contributed by atoms with Crippen LogP contribution in [0.5, 0.6) is 0 Å². The van der Waals surface area contributed by atoms with Crippen molar-refractivity contribution in [2.24, 2.45) is 0 Å². The Morgan fingerprint density at radius 3 is 2.42 bits per heavy atom. The number of aryl methyl sites for hydroxylation is 1. The molecule has 1 unspecified atom stereocenters. The summed E-state index contributed by atoms with van der Waals surface area (Å²) in [7, 11) is -3.56. The molecule has 0 aliphatic heterocycles. The summed E-state index contributed by atoms with van der Waals surface area (Å²) in [5.74, 6) is -0.860. The largest absolute Gasteiger partial charge is 0.350 e. The van der Waals surface area contributed by atoms with Gasteiger partial charge in [-0.15, -0.1) is 0 Å². The third-order valence-corrected chi connectivity index (χ3v) is 4.56. The SMILES string of the molecule is CC(NC(=O)CCc1ccc(Cl)cc1)c1ccc(NS(C)(=O)=O)c(F)c1. The lowest BCUT2D eigenvalue weighted by atomic mass is 10.1. The van der Waals surface area contributed by atoms with E-state index in [1.54, 1.807) is 25.1 Å². The van der Waals surface area contributed by atoms with E-state index in [4.69, 9.17) is 11.6 Å². The molecule has 5 nitrogen and oxygen atoms in total. The maximum Gasteiger partial charge on any atom is 0.229 e. The summed E-state index contributed by atoms with van der Waals surface area (Å²) in [6.07, 6.45) is 1.81. The zero-order valence-corrected chi connectivity index (χ0v) is 16.0. The van der Waals surface area contributed by atoms with E-state index < -0.39 is 21.9 Å². The number of benzene rings is 2. The molecule has 0 fully saturated rings. The molecule has 0 aliphatic rings. The van der Waals surface area contributed by atoms with Gasteiger partial charge in [0.2, 0.25) is 15.9 Å². The lowest BCUT2D eigenvalue weighted by Gasteiger charge is -2.16. The molecule has 0 saturated heterocycles. The van der Waals surface area contributed by atoms with Gasteiger partial charge in [0.15, 0.2) is 0 Å². The van der Waals surface area contributed by atoms with E-state index in [-0.39, 0.29) is 11.6 Å². The Morgan fingerprint density at radius 1 is 1.19 bits per heavy atom. The van der Waals surface area contributed by atoms with Gasteiger partial charge in [0.05, 0.1) is 18.0 Å². The van der Waals surface area contributed by atoms with E-state index in [1.165, 1.54) is 12.1 Å². The molecule has 8 heteroatoms. The van der Waals surface area contributed by atoms with Crippen molar-refractivity contribution in [2.45, 2.75) is 25.8 Å². The first-order valence-electron chi connectivity index (χ1n) is 7.95. The molecule has 2 N–H and O–H groups in total. The van der Waals surface area contributed by atoms with Crippen LogP contribution in [0.3, 0.4) is 0 Å². The smallest absolute Gasteiger partial charge is 0.229 e.